The molecule has 58 valence electrons. The standard InChI is InChI=1S/C6H8N4O/c1-2-6(9-11-3-1)10-5-7-4-8-10/h4-5H,1-3H2. The maximum absolute atomic E-state index is 4.91. The van der Waals surface area contributed by atoms with Crippen molar-refractivity contribution in [2.24, 2.45) is 5.16 Å². The van der Waals surface area contributed by atoms with Crippen LogP contribution in [0.5, 0.6) is 0 Å². The first kappa shape index (κ1) is 6.33. The fourth-order valence-corrected chi connectivity index (χ4v) is 0.959. The van der Waals surface area contributed by atoms with Gasteiger partial charge in [0.25, 0.3) is 0 Å². The molecule has 0 N–H and O–H groups in total. The van der Waals surface area contributed by atoms with Crippen LogP contribution in [0.25, 0.3) is 0 Å². The Hall–Kier alpha value is -1.39. The molecule has 0 saturated carbocycles. The van der Waals surface area contributed by atoms with E-state index in [1.165, 1.54) is 6.33 Å². The summed E-state index contributed by atoms with van der Waals surface area (Å²) < 4.78 is 1.62. The summed E-state index contributed by atoms with van der Waals surface area (Å²) in [6, 6.07) is 0. The molecule has 0 radical (unpaired) electrons. The maximum atomic E-state index is 4.91. The second-order valence-corrected chi connectivity index (χ2v) is 2.28. The summed E-state index contributed by atoms with van der Waals surface area (Å²) in [6.07, 6.45) is 5.01. The lowest BCUT2D eigenvalue weighted by Gasteiger charge is -2.09. The molecule has 11 heavy (non-hydrogen) atoms. The number of hydrogen-bond acceptors (Lipinski definition) is 4. The van der Waals surface area contributed by atoms with Crippen molar-refractivity contribution in [3.63, 3.8) is 0 Å². The molecule has 0 saturated heterocycles. The Kier molecular flexibility index (Phi) is 1.55. The third-order valence-corrected chi connectivity index (χ3v) is 1.49. The van der Waals surface area contributed by atoms with Gasteiger partial charge >= 0.3 is 0 Å². The molecular weight excluding hydrogens is 144 g/mol. The summed E-state index contributed by atoms with van der Waals surface area (Å²) in [5.74, 6) is 0.828. The Morgan fingerprint density at radius 2 is 2.55 bits per heavy atom. The predicted molar refractivity (Wildman–Crippen MR) is 38.0 cm³/mol. The fraction of sp³-hybridized carbons (Fsp3) is 0.500. The van der Waals surface area contributed by atoms with Crippen molar-refractivity contribution in [3.05, 3.63) is 12.7 Å². The van der Waals surface area contributed by atoms with Gasteiger partial charge in [0.05, 0.1) is 0 Å². The SMILES string of the molecule is c1ncn(C2=NOCCC2)n1. The number of oxime groups is 1. The molecule has 5 nitrogen and oxygen atoms in total. The van der Waals surface area contributed by atoms with Gasteiger partial charge in [-0.1, -0.05) is 5.16 Å². The van der Waals surface area contributed by atoms with Crippen molar-refractivity contribution in [2.75, 3.05) is 6.61 Å². The first-order valence-electron chi connectivity index (χ1n) is 3.50. The molecule has 0 aromatic carbocycles. The van der Waals surface area contributed by atoms with Gasteiger partial charge < -0.3 is 4.84 Å². The van der Waals surface area contributed by atoms with Crippen LogP contribution >= 0.6 is 0 Å². The number of hydrogen-bond donors (Lipinski definition) is 0. The summed E-state index contributed by atoms with van der Waals surface area (Å²) >= 11 is 0. The number of aromatic nitrogens is 3. The third-order valence-electron chi connectivity index (χ3n) is 1.49. The highest BCUT2D eigenvalue weighted by Crippen LogP contribution is 2.02. The first-order valence-corrected chi connectivity index (χ1v) is 3.50. The topological polar surface area (TPSA) is 52.3 Å². The molecule has 0 bridgehead atoms. The Labute approximate surface area is 63.7 Å². The molecule has 0 spiro atoms. The van der Waals surface area contributed by atoms with E-state index >= 15 is 0 Å². The lowest BCUT2D eigenvalue weighted by molar-refractivity contribution is 0.129. The highest BCUT2D eigenvalue weighted by molar-refractivity contribution is 5.83. The van der Waals surface area contributed by atoms with E-state index in [0.29, 0.717) is 6.61 Å². The Balaban J connectivity index is 2.22. The van der Waals surface area contributed by atoms with Gasteiger partial charge in [-0.25, -0.2) is 9.67 Å². The van der Waals surface area contributed by atoms with Crippen LogP contribution in [0.2, 0.25) is 0 Å². The van der Waals surface area contributed by atoms with E-state index in [-0.39, 0.29) is 0 Å². The quantitative estimate of drug-likeness (QED) is 0.535. The molecule has 2 heterocycles. The Bertz CT molecular complexity index is 254. The van der Waals surface area contributed by atoms with E-state index in [1.807, 2.05) is 0 Å². The van der Waals surface area contributed by atoms with Crippen LogP contribution in [0.3, 0.4) is 0 Å². The van der Waals surface area contributed by atoms with Gasteiger partial charge in [0.1, 0.15) is 19.3 Å². The predicted octanol–water partition coefficient (Wildman–Crippen LogP) is 0.250. The zero-order valence-electron chi connectivity index (χ0n) is 5.97. The van der Waals surface area contributed by atoms with Crippen molar-refractivity contribution in [3.8, 4) is 0 Å². The fourth-order valence-electron chi connectivity index (χ4n) is 0.959. The van der Waals surface area contributed by atoms with Crippen molar-refractivity contribution < 1.29 is 4.84 Å². The molecule has 1 aliphatic heterocycles. The molecule has 0 fully saturated rings. The van der Waals surface area contributed by atoms with Crippen molar-refractivity contribution in [2.45, 2.75) is 12.8 Å². The summed E-state index contributed by atoms with van der Waals surface area (Å²) in [5.41, 5.74) is 0. The van der Waals surface area contributed by atoms with E-state index in [0.717, 1.165) is 18.7 Å². The average molecular weight is 152 g/mol. The molecule has 1 aliphatic rings. The van der Waals surface area contributed by atoms with Crippen LogP contribution in [-0.4, -0.2) is 27.2 Å². The van der Waals surface area contributed by atoms with Crippen LogP contribution in [0, 0.1) is 0 Å². The second-order valence-electron chi connectivity index (χ2n) is 2.28. The molecule has 0 amide bonds. The van der Waals surface area contributed by atoms with Crippen LogP contribution < -0.4 is 0 Å². The second kappa shape index (κ2) is 2.69. The lowest BCUT2D eigenvalue weighted by Crippen LogP contribution is -2.17. The van der Waals surface area contributed by atoms with Crippen LogP contribution in [0.1, 0.15) is 12.8 Å². The van der Waals surface area contributed by atoms with Crippen LogP contribution in [0.15, 0.2) is 17.8 Å². The summed E-state index contributed by atoms with van der Waals surface area (Å²) in [4.78, 5) is 8.72. The van der Waals surface area contributed by atoms with E-state index < -0.39 is 0 Å². The van der Waals surface area contributed by atoms with E-state index in [2.05, 4.69) is 15.2 Å². The summed E-state index contributed by atoms with van der Waals surface area (Å²) in [7, 11) is 0. The van der Waals surface area contributed by atoms with Crippen molar-refractivity contribution in [1.29, 1.82) is 0 Å². The number of nitrogens with zero attached hydrogens (tertiary/aromatic N) is 4. The van der Waals surface area contributed by atoms with Gasteiger partial charge in [-0.3, -0.25) is 0 Å². The normalized spacial score (nSPS) is 17.3. The average Bonchev–Trinajstić information content (AvgIpc) is 2.58. The highest BCUT2D eigenvalue weighted by Gasteiger charge is 2.08. The Morgan fingerprint density at radius 3 is 3.18 bits per heavy atom. The van der Waals surface area contributed by atoms with Gasteiger partial charge in [-0.15, -0.1) is 0 Å². The zero-order chi connectivity index (χ0) is 7.52. The molecule has 0 aliphatic carbocycles. The maximum Gasteiger partial charge on any atom is 0.170 e. The van der Waals surface area contributed by atoms with Crippen molar-refractivity contribution >= 4 is 5.84 Å². The van der Waals surface area contributed by atoms with Crippen LogP contribution in [0.4, 0.5) is 0 Å². The molecule has 1 aromatic heterocycles. The smallest absolute Gasteiger partial charge is 0.170 e. The zero-order valence-corrected chi connectivity index (χ0v) is 5.97. The minimum atomic E-state index is 0.707. The van der Waals surface area contributed by atoms with Gasteiger partial charge in [0.15, 0.2) is 5.84 Å². The van der Waals surface area contributed by atoms with Gasteiger partial charge in [0.2, 0.25) is 0 Å². The van der Waals surface area contributed by atoms with Gasteiger partial charge in [0, 0.05) is 6.42 Å². The van der Waals surface area contributed by atoms with Gasteiger partial charge in [-0.05, 0) is 6.42 Å². The summed E-state index contributed by atoms with van der Waals surface area (Å²) in [5, 5.41) is 7.78. The molecule has 1 aromatic rings. The van der Waals surface area contributed by atoms with E-state index in [4.69, 9.17) is 4.84 Å². The van der Waals surface area contributed by atoms with E-state index in [9.17, 15) is 0 Å². The minimum Gasteiger partial charge on any atom is -0.394 e. The third kappa shape index (κ3) is 1.21. The summed E-state index contributed by atoms with van der Waals surface area (Å²) in [6.45, 7) is 0.707. The first-order chi connectivity index (χ1) is 5.47. The molecule has 5 heteroatoms. The van der Waals surface area contributed by atoms with Crippen molar-refractivity contribution in [1.82, 2.24) is 14.8 Å². The molecular formula is C6H8N4O. The minimum absolute atomic E-state index is 0.707. The largest absolute Gasteiger partial charge is 0.394 e. The Morgan fingerprint density at radius 1 is 1.55 bits per heavy atom. The van der Waals surface area contributed by atoms with Crippen LogP contribution in [-0.2, 0) is 4.84 Å². The molecule has 0 unspecified atom stereocenters. The lowest BCUT2D eigenvalue weighted by atomic mass is 10.3. The molecule has 2 rings (SSSR count). The monoisotopic (exact) mass is 152 g/mol. The number of rotatable bonds is 0. The van der Waals surface area contributed by atoms with Gasteiger partial charge in [-0.2, -0.15) is 5.10 Å². The highest BCUT2D eigenvalue weighted by atomic mass is 16.6. The van der Waals surface area contributed by atoms with E-state index in [1.54, 1.807) is 11.0 Å². The molecule has 0 atom stereocenters.